The Morgan fingerprint density at radius 3 is 2.73 bits per heavy atom. The summed E-state index contributed by atoms with van der Waals surface area (Å²) in [4.78, 5) is 14.8. The van der Waals surface area contributed by atoms with Gasteiger partial charge in [0.2, 0.25) is 5.91 Å². The number of aromatic amines is 1. The van der Waals surface area contributed by atoms with Gasteiger partial charge in [-0.05, 0) is 41.3 Å². The second kappa shape index (κ2) is 8.51. The van der Waals surface area contributed by atoms with Crippen LogP contribution >= 0.6 is 0 Å². The van der Waals surface area contributed by atoms with Gasteiger partial charge in [0.15, 0.2) is 0 Å². The minimum absolute atomic E-state index is 0.0268. The van der Waals surface area contributed by atoms with Gasteiger partial charge in [0.25, 0.3) is 0 Å². The zero-order valence-electron chi connectivity index (χ0n) is 17.0. The number of hydroxylamine groups is 1. The molecule has 3 aromatic rings. The molecular formula is C23H25N5O2. The van der Waals surface area contributed by atoms with E-state index in [1.165, 1.54) is 11.1 Å². The van der Waals surface area contributed by atoms with Crippen LogP contribution in [0.3, 0.4) is 0 Å². The lowest BCUT2D eigenvalue weighted by Gasteiger charge is -2.27. The van der Waals surface area contributed by atoms with Crippen molar-refractivity contribution in [3.8, 4) is 11.1 Å². The topological polar surface area (TPSA) is 93.1 Å². The number of aromatic nitrogens is 1. The molecule has 3 N–H and O–H groups in total. The third-order valence-corrected chi connectivity index (χ3v) is 5.28. The molecule has 30 heavy (non-hydrogen) atoms. The van der Waals surface area contributed by atoms with E-state index in [2.05, 4.69) is 65.6 Å². The van der Waals surface area contributed by atoms with Gasteiger partial charge in [-0.3, -0.25) is 15.0 Å². The van der Waals surface area contributed by atoms with E-state index in [4.69, 9.17) is 5.21 Å². The van der Waals surface area contributed by atoms with E-state index >= 15 is 0 Å². The number of hydrogen-bond donors (Lipinski definition) is 3. The number of amides is 1. The Hall–Kier alpha value is -3.45. The highest BCUT2D eigenvalue weighted by Gasteiger charge is 2.28. The van der Waals surface area contributed by atoms with Gasteiger partial charge in [-0.1, -0.05) is 55.5 Å². The van der Waals surface area contributed by atoms with Crippen LogP contribution in [-0.4, -0.2) is 27.7 Å². The van der Waals surface area contributed by atoms with Crippen LogP contribution in [0.15, 0.2) is 76.7 Å². The van der Waals surface area contributed by atoms with Crippen molar-refractivity contribution in [3.05, 3.63) is 72.1 Å². The normalized spacial score (nSPS) is 16.0. The van der Waals surface area contributed by atoms with E-state index in [0.29, 0.717) is 18.2 Å². The molecule has 1 amide bonds. The number of nitrogens with one attached hydrogen (secondary N) is 2. The summed E-state index contributed by atoms with van der Waals surface area (Å²) in [5.41, 5.74) is 6.88. The van der Waals surface area contributed by atoms with E-state index in [1.54, 1.807) is 11.6 Å². The van der Waals surface area contributed by atoms with Crippen LogP contribution in [0.2, 0.25) is 0 Å². The first-order chi connectivity index (χ1) is 14.5. The highest BCUT2D eigenvalue weighted by molar-refractivity contribution is 5.86. The molecule has 1 aliphatic rings. The molecule has 4 rings (SSSR count). The Morgan fingerprint density at radius 1 is 1.20 bits per heavy atom. The smallest absolute Gasteiger partial charge is 0.247 e. The molecule has 7 heteroatoms. The molecule has 0 saturated heterocycles. The fraction of sp³-hybridized carbons (Fsp3) is 0.261. The lowest BCUT2D eigenvalue weighted by Crippen LogP contribution is -2.26. The number of rotatable bonds is 6. The van der Waals surface area contributed by atoms with Gasteiger partial charge >= 0.3 is 0 Å². The van der Waals surface area contributed by atoms with E-state index in [-0.39, 0.29) is 12.5 Å². The second-order valence-electron chi connectivity index (χ2n) is 7.80. The summed E-state index contributed by atoms with van der Waals surface area (Å²) in [6.45, 7) is 4.83. The highest BCUT2D eigenvalue weighted by atomic mass is 16.5. The van der Waals surface area contributed by atoms with Gasteiger partial charge in [-0.25, -0.2) is 5.48 Å². The van der Waals surface area contributed by atoms with Crippen molar-refractivity contribution in [2.24, 2.45) is 16.3 Å². The minimum Gasteiger partial charge on any atom is -0.357 e. The van der Waals surface area contributed by atoms with Crippen LogP contribution in [0.5, 0.6) is 0 Å². The number of carbonyl (C=O) groups is 1. The zero-order valence-corrected chi connectivity index (χ0v) is 17.0. The predicted molar refractivity (Wildman–Crippen MR) is 116 cm³/mol. The van der Waals surface area contributed by atoms with Crippen molar-refractivity contribution in [1.29, 1.82) is 0 Å². The summed E-state index contributed by atoms with van der Waals surface area (Å²) in [5.74, 6) is -0.174. The third kappa shape index (κ3) is 4.11. The molecule has 0 fully saturated rings. The predicted octanol–water partition coefficient (Wildman–Crippen LogP) is 4.99. The number of hydrogen-bond acceptors (Lipinski definition) is 5. The van der Waals surface area contributed by atoms with Crippen molar-refractivity contribution in [3.63, 3.8) is 0 Å². The standard InChI is InChI=1S/C23H25N5O2/c1-15(2)23(28-14-19(25-27-28)9-11-22(29)26-30)21-13-18-12-17(8-10-20(18)24-21)16-6-4-3-5-7-16/h3-10,12-13,15,23-24,30H,11,14H2,1-2H3,(H,26,29)/b19-9-. The van der Waals surface area contributed by atoms with Crippen molar-refractivity contribution in [2.75, 3.05) is 6.54 Å². The SMILES string of the molecule is CC(C)C(c1cc2cc(-c3ccccc3)ccc2[nH]1)N1C/C(=C/CC(=O)NO)N=N1. The Bertz CT molecular complexity index is 1100. The van der Waals surface area contributed by atoms with Gasteiger partial charge in [0, 0.05) is 23.0 Å². The van der Waals surface area contributed by atoms with E-state index in [0.717, 1.165) is 16.6 Å². The number of carbonyl (C=O) groups excluding carboxylic acids is 1. The monoisotopic (exact) mass is 403 g/mol. The Morgan fingerprint density at radius 2 is 2.00 bits per heavy atom. The van der Waals surface area contributed by atoms with Gasteiger partial charge in [-0.15, -0.1) is 5.11 Å². The van der Waals surface area contributed by atoms with Gasteiger partial charge in [0.1, 0.15) is 0 Å². The summed E-state index contributed by atoms with van der Waals surface area (Å²) in [6.07, 6.45) is 1.75. The molecule has 2 aromatic carbocycles. The maximum absolute atomic E-state index is 11.2. The molecular weight excluding hydrogens is 378 g/mol. The van der Waals surface area contributed by atoms with E-state index < -0.39 is 5.91 Å². The lowest BCUT2D eigenvalue weighted by atomic mass is 9.99. The molecule has 7 nitrogen and oxygen atoms in total. The van der Waals surface area contributed by atoms with Crippen LogP contribution in [0.4, 0.5) is 0 Å². The Balaban J connectivity index is 1.59. The van der Waals surface area contributed by atoms with Crippen molar-refractivity contribution >= 4 is 16.8 Å². The maximum atomic E-state index is 11.2. The van der Waals surface area contributed by atoms with Crippen molar-refractivity contribution in [1.82, 2.24) is 15.5 Å². The van der Waals surface area contributed by atoms with Crippen LogP contribution in [0.25, 0.3) is 22.0 Å². The molecule has 1 atom stereocenters. The average molecular weight is 403 g/mol. The summed E-state index contributed by atoms with van der Waals surface area (Å²) in [7, 11) is 0. The molecule has 0 radical (unpaired) electrons. The second-order valence-corrected chi connectivity index (χ2v) is 7.80. The summed E-state index contributed by atoms with van der Waals surface area (Å²) in [6, 6.07) is 19.0. The van der Waals surface area contributed by atoms with Crippen LogP contribution in [0, 0.1) is 5.92 Å². The molecule has 154 valence electrons. The van der Waals surface area contributed by atoms with Crippen molar-refractivity contribution in [2.45, 2.75) is 26.3 Å². The van der Waals surface area contributed by atoms with Gasteiger partial charge < -0.3 is 4.98 Å². The van der Waals surface area contributed by atoms with Crippen LogP contribution < -0.4 is 5.48 Å². The molecule has 1 aromatic heterocycles. The number of fused-ring (bicyclic) bond motifs is 1. The fourth-order valence-corrected chi connectivity index (χ4v) is 3.85. The summed E-state index contributed by atoms with van der Waals surface area (Å²) >= 11 is 0. The first kappa shape index (κ1) is 19.8. The molecule has 2 heterocycles. The van der Waals surface area contributed by atoms with Crippen molar-refractivity contribution < 1.29 is 10.0 Å². The summed E-state index contributed by atoms with van der Waals surface area (Å²) < 4.78 is 0. The zero-order chi connectivity index (χ0) is 21.1. The van der Waals surface area contributed by atoms with Gasteiger partial charge in [0.05, 0.1) is 18.3 Å². The molecule has 1 unspecified atom stereocenters. The number of benzene rings is 2. The number of nitrogens with zero attached hydrogens (tertiary/aromatic N) is 3. The van der Waals surface area contributed by atoms with Crippen LogP contribution in [0.1, 0.15) is 32.0 Å². The van der Waals surface area contributed by atoms with Gasteiger partial charge in [-0.2, -0.15) is 0 Å². The highest BCUT2D eigenvalue weighted by Crippen LogP contribution is 2.34. The first-order valence-corrected chi connectivity index (χ1v) is 10.0. The first-order valence-electron chi connectivity index (χ1n) is 10.0. The molecule has 0 spiro atoms. The minimum atomic E-state index is -0.471. The Labute approximate surface area is 175 Å². The maximum Gasteiger partial charge on any atom is 0.247 e. The quantitative estimate of drug-likeness (QED) is 0.400. The molecule has 1 aliphatic heterocycles. The summed E-state index contributed by atoms with van der Waals surface area (Å²) in [5, 5.41) is 20.3. The number of H-pyrrole nitrogens is 1. The third-order valence-electron chi connectivity index (χ3n) is 5.28. The Kier molecular flexibility index (Phi) is 5.63. The molecule has 0 saturated carbocycles. The van der Waals surface area contributed by atoms with Crippen LogP contribution in [-0.2, 0) is 4.79 Å². The largest absolute Gasteiger partial charge is 0.357 e. The average Bonchev–Trinajstić information content (AvgIpc) is 3.39. The fourth-order valence-electron chi connectivity index (χ4n) is 3.85. The molecule has 0 aliphatic carbocycles. The molecule has 0 bridgehead atoms. The van der Waals surface area contributed by atoms with E-state index in [9.17, 15) is 4.79 Å². The van der Waals surface area contributed by atoms with E-state index in [1.807, 2.05) is 23.2 Å². The lowest BCUT2D eigenvalue weighted by molar-refractivity contribution is -0.128.